The number of hydrogen-bond donors (Lipinski definition) is 2. The smallest absolute Gasteiger partial charge is 0.308 e. The minimum absolute atomic E-state index is 0.0735. The van der Waals surface area contributed by atoms with Crippen LogP contribution in [0.2, 0.25) is 0 Å². The highest BCUT2D eigenvalue weighted by atomic mass is 19.1. The van der Waals surface area contributed by atoms with Crippen molar-refractivity contribution in [2.45, 2.75) is 6.92 Å². The minimum atomic E-state index is -0.522. The van der Waals surface area contributed by atoms with Crippen LogP contribution in [0.5, 0.6) is 0 Å². The SMILES string of the molecule is Cc1cccc(NC(=O)Nc2ccc(F)cc2C#N)c1. The second-order valence-electron chi connectivity index (χ2n) is 4.25. The fraction of sp³-hybridized carbons (Fsp3) is 0.0667. The molecule has 2 rings (SSSR count). The number of carbonyl (C=O) groups excluding carboxylic acids is 1. The van der Waals surface area contributed by atoms with Crippen LogP contribution in [0.3, 0.4) is 0 Å². The molecule has 4 nitrogen and oxygen atoms in total. The highest BCUT2D eigenvalue weighted by Crippen LogP contribution is 2.17. The van der Waals surface area contributed by atoms with Crippen molar-refractivity contribution in [2.24, 2.45) is 0 Å². The van der Waals surface area contributed by atoms with E-state index in [9.17, 15) is 9.18 Å². The Labute approximate surface area is 115 Å². The average Bonchev–Trinajstić information content (AvgIpc) is 2.40. The quantitative estimate of drug-likeness (QED) is 0.874. The predicted octanol–water partition coefficient (Wildman–Crippen LogP) is 3.65. The molecule has 0 heterocycles. The zero-order valence-electron chi connectivity index (χ0n) is 10.8. The summed E-state index contributed by atoms with van der Waals surface area (Å²) in [6.45, 7) is 1.91. The lowest BCUT2D eigenvalue weighted by atomic mass is 10.2. The Morgan fingerprint density at radius 1 is 1.20 bits per heavy atom. The van der Waals surface area contributed by atoms with Gasteiger partial charge in [-0.05, 0) is 42.8 Å². The predicted molar refractivity (Wildman–Crippen MR) is 74.9 cm³/mol. The highest BCUT2D eigenvalue weighted by Gasteiger charge is 2.08. The summed E-state index contributed by atoms with van der Waals surface area (Å²) in [6.07, 6.45) is 0. The monoisotopic (exact) mass is 269 g/mol. The van der Waals surface area contributed by atoms with Gasteiger partial charge in [-0.3, -0.25) is 0 Å². The Balaban J connectivity index is 2.11. The number of rotatable bonds is 2. The summed E-state index contributed by atoms with van der Waals surface area (Å²) in [5.41, 5.74) is 1.99. The van der Waals surface area contributed by atoms with Gasteiger partial charge in [-0.15, -0.1) is 0 Å². The number of urea groups is 1. The van der Waals surface area contributed by atoms with E-state index in [1.807, 2.05) is 31.2 Å². The first kappa shape index (κ1) is 13.6. The summed E-state index contributed by atoms with van der Waals surface area (Å²) in [7, 11) is 0. The van der Waals surface area contributed by atoms with Crippen LogP contribution in [-0.2, 0) is 0 Å². The van der Waals surface area contributed by atoms with E-state index in [2.05, 4.69) is 10.6 Å². The largest absolute Gasteiger partial charge is 0.323 e. The van der Waals surface area contributed by atoms with E-state index < -0.39 is 11.8 Å². The van der Waals surface area contributed by atoms with Gasteiger partial charge < -0.3 is 10.6 Å². The Kier molecular flexibility index (Phi) is 3.96. The van der Waals surface area contributed by atoms with Crippen molar-refractivity contribution in [3.63, 3.8) is 0 Å². The zero-order chi connectivity index (χ0) is 14.5. The van der Waals surface area contributed by atoms with Crippen LogP contribution < -0.4 is 10.6 Å². The molecule has 0 bridgehead atoms. The average molecular weight is 269 g/mol. The van der Waals surface area contributed by atoms with Gasteiger partial charge in [0.05, 0.1) is 11.3 Å². The summed E-state index contributed by atoms with van der Waals surface area (Å²) in [4.78, 5) is 11.8. The van der Waals surface area contributed by atoms with Gasteiger partial charge in [0.15, 0.2) is 0 Å². The molecule has 0 aliphatic heterocycles. The second-order valence-corrected chi connectivity index (χ2v) is 4.25. The number of anilines is 2. The topological polar surface area (TPSA) is 64.9 Å². The lowest BCUT2D eigenvalue weighted by molar-refractivity contribution is 0.262. The van der Waals surface area contributed by atoms with Crippen LogP contribution >= 0.6 is 0 Å². The van der Waals surface area contributed by atoms with Crippen molar-refractivity contribution in [3.8, 4) is 6.07 Å². The third-order valence-corrected chi connectivity index (χ3v) is 2.63. The van der Waals surface area contributed by atoms with Gasteiger partial charge in [0.1, 0.15) is 11.9 Å². The molecule has 0 aliphatic rings. The van der Waals surface area contributed by atoms with Gasteiger partial charge in [0, 0.05) is 5.69 Å². The number of nitrogens with one attached hydrogen (secondary N) is 2. The van der Waals surface area contributed by atoms with Gasteiger partial charge in [0.25, 0.3) is 0 Å². The summed E-state index contributed by atoms with van der Waals surface area (Å²) in [6, 6.07) is 12.3. The maximum Gasteiger partial charge on any atom is 0.323 e. The molecule has 0 radical (unpaired) electrons. The number of carbonyl (C=O) groups is 1. The van der Waals surface area contributed by atoms with Crippen molar-refractivity contribution in [2.75, 3.05) is 10.6 Å². The van der Waals surface area contributed by atoms with Crippen LogP contribution in [0, 0.1) is 24.1 Å². The highest BCUT2D eigenvalue weighted by molar-refractivity contribution is 6.00. The molecule has 2 N–H and O–H groups in total. The molecule has 2 amide bonds. The molecule has 0 aromatic heterocycles. The summed E-state index contributed by atoms with van der Waals surface area (Å²) in [5.74, 6) is -0.522. The van der Waals surface area contributed by atoms with Gasteiger partial charge in [0.2, 0.25) is 0 Å². The summed E-state index contributed by atoms with van der Waals surface area (Å²) >= 11 is 0. The van der Waals surface area contributed by atoms with Crippen molar-refractivity contribution >= 4 is 17.4 Å². The zero-order valence-corrected chi connectivity index (χ0v) is 10.8. The maximum absolute atomic E-state index is 13.0. The van der Waals surface area contributed by atoms with Gasteiger partial charge in [-0.2, -0.15) is 5.26 Å². The summed E-state index contributed by atoms with van der Waals surface area (Å²) in [5, 5.41) is 14.1. The number of aryl methyl sites for hydroxylation is 1. The van der Waals surface area contributed by atoms with Crippen LogP contribution in [0.25, 0.3) is 0 Å². The first-order chi connectivity index (χ1) is 9.58. The maximum atomic E-state index is 13.0. The molecule has 100 valence electrons. The fourth-order valence-corrected chi connectivity index (χ4v) is 1.73. The molecular formula is C15H12FN3O. The first-order valence-corrected chi connectivity index (χ1v) is 5.93. The van der Waals surface area contributed by atoms with E-state index >= 15 is 0 Å². The number of amides is 2. The van der Waals surface area contributed by atoms with Crippen LogP contribution in [0.1, 0.15) is 11.1 Å². The molecule has 0 atom stereocenters. The molecular weight excluding hydrogens is 257 g/mol. The first-order valence-electron chi connectivity index (χ1n) is 5.93. The van der Waals surface area contributed by atoms with E-state index in [-0.39, 0.29) is 11.3 Å². The number of hydrogen-bond acceptors (Lipinski definition) is 2. The molecule has 0 unspecified atom stereocenters. The van der Waals surface area contributed by atoms with Gasteiger partial charge in [-0.1, -0.05) is 12.1 Å². The third-order valence-electron chi connectivity index (χ3n) is 2.63. The second kappa shape index (κ2) is 5.85. The fourth-order valence-electron chi connectivity index (χ4n) is 1.73. The number of nitrogens with zero attached hydrogens (tertiary/aromatic N) is 1. The lowest BCUT2D eigenvalue weighted by Gasteiger charge is -2.09. The molecule has 0 saturated carbocycles. The Morgan fingerprint density at radius 3 is 2.70 bits per heavy atom. The van der Waals surface area contributed by atoms with E-state index in [0.717, 1.165) is 11.6 Å². The molecule has 2 aromatic rings. The Hall–Kier alpha value is -2.87. The van der Waals surface area contributed by atoms with Crippen LogP contribution in [0.4, 0.5) is 20.6 Å². The van der Waals surface area contributed by atoms with Crippen LogP contribution in [0.15, 0.2) is 42.5 Å². The van der Waals surface area contributed by atoms with Crippen molar-refractivity contribution in [3.05, 3.63) is 59.4 Å². The van der Waals surface area contributed by atoms with E-state index in [0.29, 0.717) is 5.69 Å². The Morgan fingerprint density at radius 2 is 2.00 bits per heavy atom. The number of halogens is 1. The number of benzene rings is 2. The standard InChI is InChI=1S/C15H12FN3O/c1-10-3-2-4-13(7-10)18-15(20)19-14-6-5-12(16)8-11(14)9-17/h2-8H,1H3,(H2,18,19,20). The van der Waals surface area contributed by atoms with Crippen molar-refractivity contribution in [1.29, 1.82) is 5.26 Å². The normalized spacial score (nSPS) is 9.65. The van der Waals surface area contributed by atoms with E-state index in [1.165, 1.54) is 12.1 Å². The van der Waals surface area contributed by atoms with Crippen molar-refractivity contribution in [1.82, 2.24) is 0 Å². The molecule has 0 fully saturated rings. The van der Waals surface area contributed by atoms with E-state index in [4.69, 9.17) is 5.26 Å². The third kappa shape index (κ3) is 3.33. The summed E-state index contributed by atoms with van der Waals surface area (Å²) < 4.78 is 13.0. The van der Waals surface area contributed by atoms with Gasteiger partial charge >= 0.3 is 6.03 Å². The van der Waals surface area contributed by atoms with Gasteiger partial charge in [-0.25, -0.2) is 9.18 Å². The van der Waals surface area contributed by atoms with Crippen molar-refractivity contribution < 1.29 is 9.18 Å². The molecule has 0 saturated heterocycles. The molecule has 5 heteroatoms. The van der Waals surface area contributed by atoms with Crippen LogP contribution in [-0.4, -0.2) is 6.03 Å². The minimum Gasteiger partial charge on any atom is -0.308 e. The molecule has 20 heavy (non-hydrogen) atoms. The lowest BCUT2D eigenvalue weighted by Crippen LogP contribution is -2.20. The Bertz CT molecular complexity index is 692. The number of nitriles is 1. The molecule has 0 spiro atoms. The van der Waals surface area contributed by atoms with E-state index in [1.54, 1.807) is 6.07 Å². The molecule has 0 aliphatic carbocycles. The molecule has 2 aromatic carbocycles.